The summed E-state index contributed by atoms with van der Waals surface area (Å²) in [6.45, 7) is 1.13. The number of amides is 1. The predicted molar refractivity (Wildman–Crippen MR) is 82.0 cm³/mol. The number of anilines is 3. The molecule has 0 fully saturated rings. The highest BCUT2D eigenvalue weighted by molar-refractivity contribution is 5.95. The molecule has 0 saturated heterocycles. The van der Waals surface area contributed by atoms with Crippen molar-refractivity contribution in [1.82, 2.24) is 0 Å². The van der Waals surface area contributed by atoms with Gasteiger partial charge in [0, 0.05) is 32.3 Å². The number of fused-ring (bicyclic) bond motifs is 1. The first-order valence-corrected chi connectivity index (χ1v) is 7.16. The van der Waals surface area contributed by atoms with Gasteiger partial charge in [-0.1, -0.05) is 0 Å². The number of rotatable bonds is 6. The second kappa shape index (κ2) is 6.61. The highest BCUT2D eigenvalue weighted by Gasteiger charge is 2.17. The van der Waals surface area contributed by atoms with E-state index in [1.165, 1.54) is 0 Å². The third kappa shape index (κ3) is 3.42. The summed E-state index contributed by atoms with van der Waals surface area (Å²) >= 11 is 0. The number of nitrogens with one attached hydrogen (secondary N) is 1. The molecule has 2 rings (SSSR count). The van der Waals surface area contributed by atoms with E-state index in [1.54, 1.807) is 0 Å². The molecule has 5 nitrogen and oxygen atoms in total. The van der Waals surface area contributed by atoms with Crippen LogP contribution >= 0.6 is 0 Å². The summed E-state index contributed by atoms with van der Waals surface area (Å²) in [5, 5.41) is 11.7. The first kappa shape index (κ1) is 14.7. The standard InChI is InChI=1S/C15H23N3O2/c1-18(7-3-2-4-8-19)14-10-13-11(9-12(14)16)5-6-15(20)17-13/h9-10,19H,2-8,16H2,1H3,(H,17,20). The molecular weight excluding hydrogens is 254 g/mol. The summed E-state index contributed by atoms with van der Waals surface area (Å²) in [4.78, 5) is 13.6. The average molecular weight is 277 g/mol. The molecule has 5 heteroatoms. The average Bonchev–Trinajstić information content (AvgIpc) is 2.43. The van der Waals surface area contributed by atoms with Gasteiger partial charge in [0.25, 0.3) is 0 Å². The minimum absolute atomic E-state index is 0.0684. The van der Waals surface area contributed by atoms with Crippen LogP contribution in [0.3, 0.4) is 0 Å². The molecule has 1 aliphatic heterocycles. The first-order chi connectivity index (χ1) is 9.61. The smallest absolute Gasteiger partial charge is 0.224 e. The van der Waals surface area contributed by atoms with E-state index in [2.05, 4.69) is 10.2 Å². The van der Waals surface area contributed by atoms with Gasteiger partial charge in [-0.2, -0.15) is 0 Å². The van der Waals surface area contributed by atoms with Crippen LogP contribution in [-0.2, 0) is 11.2 Å². The zero-order chi connectivity index (χ0) is 14.5. The van der Waals surface area contributed by atoms with Gasteiger partial charge in [0.1, 0.15) is 0 Å². The molecule has 1 amide bonds. The van der Waals surface area contributed by atoms with Crippen molar-refractivity contribution in [1.29, 1.82) is 0 Å². The third-order valence-electron chi connectivity index (χ3n) is 3.71. The topological polar surface area (TPSA) is 78.6 Å². The number of aliphatic hydroxyl groups is 1. The van der Waals surface area contributed by atoms with Crippen molar-refractivity contribution in [3.8, 4) is 0 Å². The number of unbranched alkanes of at least 4 members (excludes halogenated alkanes) is 2. The number of aryl methyl sites for hydroxylation is 1. The second-order valence-electron chi connectivity index (χ2n) is 5.32. The lowest BCUT2D eigenvalue weighted by Gasteiger charge is -2.25. The number of nitrogens with two attached hydrogens (primary N) is 1. The van der Waals surface area contributed by atoms with Crippen molar-refractivity contribution in [3.05, 3.63) is 17.7 Å². The lowest BCUT2D eigenvalue weighted by molar-refractivity contribution is -0.116. The Morgan fingerprint density at radius 3 is 2.85 bits per heavy atom. The molecule has 0 aromatic heterocycles. The summed E-state index contributed by atoms with van der Waals surface area (Å²) in [5.41, 5.74) is 9.82. The van der Waals surface area contributed by atoms with Crippen LogP contribution in [0.15, 0.2) is 12.1 Å². The van der Waals surface area contributed by atoms with Gasteiger partial charge in [-0.15, -0.1) is 0 Å². The Morgan fingerprint density at radius 2 is 2.10 bits per heavy atom. The minimum Gasteiger partial charge on any atom is -0.397 e. The number of hydrogen-bond acceptors (Lipinski definition) is 4. The minimum atomic E-state index is 0.0684. The number of hydrogen-bond donors (Lipinski definition) is 3. The van der Waals surface area contributed by atoms with Crippen molar-refractivity contribution < 1.29 is 9.90 Å². The third-order valence-corrected chi connectivity index (χ3v) is 3.71. The highest BCUT2D eigenvalue weighted by atomic mass is 16.2. The molecular formula is C15H23N3O2. The molecule has 0 aliphatic carbocycles. The zero-order valence-electron chi connectivity index (χ0n) is 12.0. The van der Waals surface area contributed by atoms with Crippen LogP contribution in [0, 0.1) is 0 Å². The lowest BCUT2D eigenvalue weighted by Crippen LogP contribution is -2.23. The molecule has 1 heterocycles. The van der Waals surface area contributed by atoms with Crippen LogP contribution in [0.5, 0.6) is 0 Å². The number of aliphatic hydroxyl groups excluding tert-OH is 1. The van der Waals surface area contributed by atoms with Crippen LogP contribution in [-0.4, -0.2) is 31.2 Å². The molecule has 1 aromatic carbocycles. The quantitative estimate of drug-likeness (QED) is 0.547. The summed E-state index contributed by atoms with van der Waals surface area (Å²) in [5.74, 6) is 0.0684. The van der Waals surface area contributed by atoms with E-state index < -0.39 is 0 Å². The van der Waals surface area contributed by atoms with Crippen LogP contribution in [0.25, 0.3) is 0 Å². The van der Waals surface area contributed by atoms with Crippen molar-refractivity contribution in [2.45, 2.75) is 32.1 Å². The van der Waals surface area contributed by atoms with Crippen LogP contribution in [0.1, 0.15) is 31.2 Å². The van der Waals surface area contributed by atoms with Gasteiger partial charge >= 0.3 is 0 Å². The summed E-state index contributed by atoms with van der Waals surface area (Å²) < 4.78 is 0. The molecule has 1 aliphatic rings. The maximum Gasteiger partial charge on any atom is 0.224 e. The molecule has 0 saturated carbocycles. The molecule has 0 spiro atoms. The van der Waals surface area contributed by atoms with Crippen LogP contribution in [0.2, 0.25) is 0 Å². The van der Waals surface area contributed by atoms with E-state index in [4.69, 9.17) is 10.8 Å². The first-order valence-electron chi connectivity index (χ1n) is 7.16. The van der Waals surface area contributed by atoms with Crippen LogP contribution in [0.4, 0.5) is 17.1 Å². The molecule has 0 radical (unpaired) electrons. The molecule has 0 atom stereocenters. The van der Waals surface area contributed by atoms with Gasteiger partial charge in [0.05, 0.1) is 11.4 Å². The van der Waals surface area contributed by atoms with E-state index >= 15 is 0 Å². The Kier molecular flexibility index (Phi) is 4.84. The summed E-state index contributed by atoms with van der Waals surface area (Å²) in [7, 11) is 2.00. The monoisotopic (exact) mass is 277 g/mol. The van der Waals surface area contributed by atoms with E-state index in [-0.39, 0.29) is 12.5 Å². The normalized spacial score (nSPS) is 13.8. The zero-order valence-corrected chi connectivity index (χ0v) is 12.0. The fraction of sp³-hybridized carbons (Fsp3) is 0.533. The van der Waals surface area contributed by atoms with Gasteiger partial charge in [-0.25, -0.2) is 0 Å². The van der Waals surface area contributed by atoms with Crippen molar-refractivity contribution in [2.24, 2.45) is 0 Å². The molecule has 1 aromatic rings. The van der Waals surface area contributed by atoms with Gasteiger partial charge in [-0.3, -0.25) is 4.79 Å². The van der Waals surface area contributed by atoms with Crippen molar-refractivity contribution in [2.75, 3.05) is 36.1 Å². The van der Waals surface area contributed by atoms with E-state index in [9.17, 15) is 4.79 Å². The van der Waals surface area contributed by atoms with Crippen molar-refractivity contribution >= 4 is 23.0 Å². The van der Waals surface area contributed by atoms with Gasteiger partial charge in [0.2, 0.25) is 5.91 Å². The fourth-order valence-corrected chi connectivity index (χ4v) is 2.52. The van der Waals surface area contributed by atoms with Gasteiger partial charge in [-0.05, 0) is 43.4 Å². The largest absolute Gasteiger partial charge is 0.397 e. The van der Waals surface area contributed by atoms with E-state index in [1.807, 2.05) is 19.2 Å². The van der Waals surface area contributed by atoms with Gasteiger partial charge in [0.15, 0.2) is 0 Å². The number of nitrogen functional groups attached to an aromatic ring is 1. The molecule has 110 valence electrons. The van der Waals surface area contributed by atoms with Crippen LogP contribution < -0.4 is 16.0 Å². The number of carbonyl (C=O) groups excluding carboxylic acids is 1. The number of benzene rings is 1. The molecule has 4 N–H and O–H groups in total. The SMILES string of the molecule is CN(CCCCCO)c1cc2c(cc1N)CCC(=O)N2. The fourth-order valence-electron chi connectivity index (χ4n) is 2.52. The highest BCUT2D eigenvalue weighted by Crippen LogP contribution is 2.32. The van der Waals surface area contributed by atoms with Gasteiger partial charge < -0.3 is 21.1 Å². The van der Waals surface area contributed by atoms with E-state index in [0.717, 1.165) is 54.9 Å². The molecule has 0 unspecified atom stereocenters. The Bertz CT molecular complexity index is 488. The Hall–Kier alpha value is -1.75. The molecule has 0 bridgehead atoms. The Labute approximate surface area is 119 Å². The summed E-state index contributed by atoms with van der Waals surface area (Å²) in [6.07, 6.45) is 4.14. The lowest BCUT2D eigenvalue weighted by atomic mass is 10.0. The van der Waals surface area contributed by atoms with Crippen molar-refractivity contribution in [3.63, 3.8) is 0 Å². The summed E-state index contributed by atoms with van der Waals surface area (Å²) in [6, 6.07) is 3.93. The maximum atomic E-state index is 11.5. The predicted octanol–water partition coefficient (Wildman–Crippen LogP) is 1.75. The number of carbonyl (C=O) groups is 1. The second-order valence-corrected chi connectivity index (χ2v) is 5.32. The number of nitrogens with zero attached hydrogens (tertiary/aromatic N) is 1. The van der Waals surface area contributed by atoms with E-state index in [0.29, 0.717) is 6.42 Å². The molecule has 20 heavy (non-hydrogen) atoms. The maximum absolute atomic E-state index is 11.5. The Morgan fingerprint density at radius 1 is 1.30 bits per heavy atom. The Balaban J connectivity index is 2.07.